The molecule has 1 aromatic heterocycles. The predicted molar refractivity (Wildman–Crippen MR) is 117 cm³/mol. The SMILES string of the molecule is CC(C)Oc1c(C=O)c(/N=C(/C(C)C)N(C)CC(=O)c2ccccc2)n(C)c1C=O. The summed E-state index contributed by atoms with van der Waals surface area (Å²) in [4.78, 5) is 42.6. The molecular formula is C23H29N3O4. The van der Waals surface area contributed by atoms with Gasteiger partial charge in [0.25, 0.3) is 0 Å². The van der Waals surface area contributed by atoms with Crippen LogP contribution in [0, 0.1) is 5.92 Å². The Balaban J connectivity index is 2.48. The largest absolute Gasteiger partial charge is 0.488 e. The molecule has 0 fully saturated rings. The Hall–Kier alpha value is -3.22. The summed E-state index contributed by atoms with van der Waals surface area (Å²) < 4.78 is 7.27. The number of aliphatic imine (C=N–C) groups is 1. The zero-order valence-electron chi connectivity index (χ0n) is 18.4. The molecule has 0 radical (unpaired) electrons. The molecule has 7 heteroatoms. The molecule has 2 rings (SSSR count). The van der Waals surface area contributed by atoms with Crippen molar-refractivity contribution in [3.8, 4) is 5.75 Å². The van der Waals surface area contributed by atoms with Crippen LogP contribution in [0.5, 0.6) is 5.75 Å². The molecule has 2 aromatic rings. The minimum absolute atomic E-state index is 0.0258. The molecule has 30 heavy (non-hydrogen) atoms. The Morgan fingerprint density at radius 3 is 2.27 bits per heavy atom. The van der Waals surface area contributed by atoms with Crippen LogP contribution in [-0.2, 0) is 7.05 Å². The summed E-state index contributed by atoms with van der Waals surface area (Å²) in [5.74, 6) is 1.11. The quantitative estimate of drug-likeness (QED) is 0.270. The van der Waals surface area contributed by atoms with Gasteiger partial charge in [0.15, 0.2) is 24.1 Å². The third-order valence-corrected chi connectivity index (χ3v) is 4.58. The highest BCUT2D eigenvalue weighted by Gasteiger charge is 2.24. The molecule has 0 spiro atoms. The monoisotopic (exact) mass is 411 g/mol. The van der Waals surface area contributed by atoms with Gasteiger partial charge in [-0.2, -0.15) is 0 Å². The average Bonchev–Trinajstić information content (AvgIpc) is 2.95. The number of ketones is 1. The van der Waals surface area contributed by atoms with E-state index in [-0.39, 0.29) is 41.4 Å². The maximum atomic E-state index is 12.6. The molecule has 0 aliphatic rings. The van der Waals surface area contributed by atoms with Crippen molar-refractivity contribution >= 4 is 30.0 Å². The number of aldehydes is 2. The van der Waals surface area contributed by atoms with Crippen molar-refractivity contribution in [1.82, 2.24) is 9.47 Å². The summed E-state index contributed by atoms with van der Waals surface area (Å²) in [7, 11) is 3.45. The van der Waals surface area contributed by atoms with Crippen molar-refractivity contribution in [3.63, 3.8) is 0 Å². The minimum Gasteiger partial charge on any atom is -0.488 e. The topological polar surface area (TPSA) is 81.0 Å². The van der Waals surface area contributed by atoms with Gasteiger partial charge in [-0.1, -0.05) is 44.2 Å². The summed E-state index contributed by atoms with van der Waals surface area (Å²) in [5.41, 5.74) is 1.08. The van der Waals surface area contributed by atoms with E-state index in [0.29, 0.717) is 29.8 Å². The molecule has 160 valence electrons. The number of hydrogen-bond donors (Lipinski definition) is 0. The van der Waals surface area contributed by atoms with E-state index in [1.54, 1.807) is 35.7 Å². The van der Waals surface area contributed by atoms with Gasteiger partial charge in [0.1, 0.15) is 22.9 Å². The number of nitrogens with zero attached hydrogens (tertiary/aromatic N) is 3. The molecule has 7 nitrogen and oxygen atoms in total. The first-order valence-corrected chi connectivity index (χ1v) is 9.88. The standard InChI is InChI=1S/C23H29N3O4/c1-15(2)22(25(5)12-20(29)17-10-8-7-9-11-17)24-23-18(13-27)21(30-16(3)4)19(14-28)26(23)6/h7-11,13-16H,12H2,1-6H3/b24-22-. The van der Waals surface area contributed by atoms with Gasteiger partial charge in [0, 0.05) is 25.6 Å². The number of Topliss-reactive ketones (excluding diaryl/α,β-unsaturated/α-hetero) is 1. The molecule has 0 N–H and O–H groups in total. The van der Waals surface area contributed by atoms with Gasteiger partial charge in [-0.05, 0) is 13.8 Å². The lowest BCUT2D eigenvalue weighted by atomic mass is 10.1. The van der Waals surface area contributed by atoms with Crippen LogP contribution in [-0.4, -0.2) is 53.4 Å². The first-order valence-electron chi connectivity index (χ1n) is 9.88. The van der Waals surface area contributed by atoms with Crippen LogP contribution in [0.1, 0.15) is 58.9 Å². The minimum atomic E-state index is -0.211. The lowest BCUT2D eigenvalue weighted by Gasteiger charge is -2.23. The van der Waals surface area contributed by atoms with E-state index >= 15 is 0 Å². The van der Waals surface area contributed by atoms with Crippen LogP contribution in [0.25, 0.3) is 0 Å². The fourth-order valence-corrected chi connectivity index (χ4v) is 3.20. The number of hydrogen-bond acceptors (Lipinski definition) is 5. The summed E-state index contributed by atoms with van der Waals surface area (Å²) in [6.45, 7) is 7.69. The van der Waals surface area contributed by atoms with Crippen molar-refractivity contribution < 1.29 is 19.1 Å². The van der Waals surface area contributed by atoms with Crippen molar-refractivity contribution in [1.29, 1.82) is 0 Å². The maximum Gasteiger partial charge on any atom is 0.182 e. The van der Waals surface area contributed by atoms with Crippen LogP contribution in [0.2, 0.25) is 0 Å². The zero-order valence-corrected chi connectivity index (χ0v) is 18.4. The third kappa shape index (κ3) is 5.03. The smallest absolute Gasteiger partial charge is 0.182 e. The van der Waals surface area contributed by atoms with Crippen LogP contribution in [0.3, 0.4) is 0 Å². The fraction of sp³-hybridized carbons (Fsp3) is 0.391. The molecule has 0 saturated heterocycles. The highest BCUT2D eigenvalue weighted by Crippen LogP contribution is 2.34. The number of benzene rings is 1. The van der Waals surface area contributed by atoms with E-state index in [9.17, 15) is 14.4 Å². The Labute approximate surface area is 177 Å². The molecule has 0 atom stereocenters. The molecule has 0 unspecified atom stereocenters. The zero-order chi connectivity index (χ0) is 22.4. The van der Waals surface area contributed by atoms with Crippen LogP contribution < -0.4 is 4.74 Å². The van der Waals surface area contributed by atoms with Crippen LogP contribution >= 0.6 is 0 Å². The highest BCUT2D eigenvalue weighted by atomic mass is 16.5. The number of carbonyl (C=O) groups excluding carboxylic acids is 3. The Morgan fingerprint density at radius 2 is 1.77 bits per heavy atom. The molecule has 1 heterocycles. The molecule has 0 aliphatic heterocycles. The number of amidine groups is 1. The van der Waals surface area contributed by atoms with Crippen molar-refractivity contribution in [2.45, 2.75) is 33.8 Å². The molecule has 0 saturated carbocycles. The van der Waals surface area contributed by atoms with Gasteiger partial charge < -0.3 is 14.2 Å². The van der Waals surface area contributed by atoms with E-state index in [1.807, 2.05) is 45.9 Å². The Morgan fingerprint density at radius 1 is 1.13 bits per heavy atom. The van der Waals surface area contributed by atoms with Gasteiger partial charge in [0.05, 0.1) is 12.6 Å². The van der Waals surface area contributed by atoms with Gasteiger partial charge in [-0.15, -0.1) is 0 Å². The normalized spacial score (nSPS) is 11.7. The second kappa shape index (κ2) is 10.0. The van der Waals surface area contributed by atoms with E-state index in [0.717, 1.165) is 0 Å². The molecular weight excluding hydrogens is 382 g/mol. The summed E-state index contributed by atoms with van der Waals surface area (Å²) in [6.07, 6.45) is 1.09. The van der Waals surface area contributed by atoms with Gasteiger partial charge >= 0.3 is 0 Å². The third-order valence-electron chi connectivity index (χ3n) is 4.58. The predicted octanol–water partition coefficient (Wildman–Crippen LogP) is 3.94. The van der Waals surface area contributed by atoms with Gasteiger partial charge in [-0.25, -0.2) is 4.99 Å². The highest BCUT2D eigenvalue weighted by molar-refractivity contribution is 6.01. The van der Waals surface area contributed by atoms with Crippen molar-refractivity contribution in [3.05, 3.63) is 47.2 Å². The number of rotatable bonds is 9. The van der Waals surface area contributed by atoms with Crippen molar-refractivity contribution in [2.75, 3.05) is 13.6 Å². The lowest BCUT2D eigenvalue weighted by Crippen LogP contribution is -2.35. The molecule has 0 aliphatic carbocycles. The summed E-state index contributed by atoms with van der Waals surface area (Å²) in [6, 6.07) is 9.05. The lowest BCUT2D eigenvalue weighted by molar-refractivity contribution is 0.0968. The number of ether oxygens (including phenoxy) is 1. The number of likely N-dealkylation sites (N-methyl/N-ethyl adjacent to an activating group) is 1. The number of aromatic nitrogens is 1. The fourth-order valence-electron chi connectivity index (χ4n) is 3.20. The van der Waals surface area contributed by atoms with Gasteiger partial charge in [-0.3, -0.25) is 14.4 Å². The van der Waals surface area contributed by atoms with E-state index < -0.39 is 0 Å². The maximum absolute atomic E-state index is 12.6. The molecule has 0 bridgehead atoms. The second-order valence-electron chi connectivity index (χ2n) is 7.68. The van der Waals surface area contributed by atoms with E-state index in [2.05, 4.69) is 0 Å². The first-order chi connectivity index (χ1) is 14.2. The van der Waals surface area contributed by atoms with E-state index in [4.69, 9.17) is 9.73 Å². The molecule has 0 amide bonds. The Kier molecular flexibility index (Phi) is 7.69. The van der Waals surface area contributed by atoms with Gasteiger partial charge in [0.2, 0.25) is 0 Å². The second-order valence-corrected chi connectivity index (χ2v) is 7.68. The first kappa shape index (κ1) is 23.1. The molecule has 1 aromatic carbocycles. The Bertz CT molecular complexity index is 943. The summed E-state index contributed by atoms with van der Waals surface area (Å²) >= 11 is 0. The average molecular weight is 412 g/mol. The number of carbonyl (C=O) groups is 3. The van der Waals surface area contributed by atoms with Crippen LogP contribution in [0.15, 0.2) is 35.3 Å². The van der Waals surface area contributed by atoms with Crippen LogP contribution in [0.4, 0.5) is 5.82 Å². The van der Waals surface area contributed by atoms with E-state index in [1.165, 1.54) is 0 Å². The summed E-state index contributed by atoms with van der Waals surface area (Å²) in [5, 5.41) is 0. The van der Waals surface area contributed by atoms with Crippen molar-refractivity contribution in [2.24, 2.45) is 18.0 Å².